The zero-order chi connectivity index (χ0) is 53.8. The lowest BCUT2D eigenvalue weighted by atomic mass is 9.98. The third-order valence-corrected chi connectivity index (χ3v) is 15.1. The molecule has 0 saturated carbocycles. The standard InChI is InChI=1S/C52H53ClF2N8O7.C2H6.CH2O2/c1-29-45(30(2)58(3)57-29)46-39(53)12-11-36-35(7-5-25-70-43-8-4-6-31-26-32(54)9-10-34(31)43)48(52(68)69)62(47(36)46)24-21-59-19-22-60(23-20-59)33-15-17-61(18-16-33)42-28-38-37(27-40(42)55)50(66)63(51(38)67)41-13-14-44(64)56-49(41)65;1-2;2-1-3/h4,6,8-12,26-28,33,41H,5,7,13-25H2,1-3H3,(H,68,69)(H,56,64,65);1-2H3;1H,(H,2,3). The molecule has 4 amide bonds. The fourth-order valence-electron chi connectivity index (χ4n) is 11.2. The maximum absolute atomic E-state index is 15.7. The first-order valence-electron chi connectivity index (χ1n) is 25.3. The van der Waals surface area contributed by atoms with Gasteiger partial charge in [-0.3, -0.25) is 48.7 Å². The van der Waals surface area contributed by atoms with Gasteiger partial charge < -0.3 is 24.4 Å². The van der Waals surface area contributed by atoms with E-state index >= 15 is 4.39 Å². The number of carbonyl (C=O) groups is 6. The van der Waals surface area contributed by atoms with Gasteiger partial charge in [0.25, 0.3) is 18.3 Å². The third kappa shape index (κ3) is 10.7. The van der Waals surface area contributed by atoms with E-state index in [9.17, 15) is 33.5 Å². The number of imide groups is 2. The number of anilines is 1. The number of nitrogens with one attached hydrogen (secondary N) is 1. The van der Waals surface area contributed by atoms with E-state index in [2.05, 4.69) is 15.1 Å². The highest BCUT2D eigenvalue weighted by Crippen LogP contribution is 2.42. The Balaban J connectivity index is 0.00000144. The van der Waals surface area contributed by atoms with Crippen LogP contribution in [-0.4, -0.2) is 140 Å². The Morgan fingerprint density at radius 3 is 2.21 bits per heavy atom. The minimum Gasteiger partial charge on any atom is -0.493 e. The van der Waals surface area contributed by atoms with Crippen molar-refractivity contribution < 1.29 is 52.5 Å². The van der Waals surface area contributed by atoms with Crippen molar-refractivity contribution in [1.82, 2.24) is 34.4 Å². The van der Waals surface area contributed by atoms with Crippen LogP contribution in [0.1, 0.15) is 94.1 Å². The van der Waals surface area contributed by atoms with Crippen molar-refractivity contribution in [3.8, 4) is 16.9 Å². The maximum atomic E-state index is 15.7. The van der Waals surface area contributed by atoms with Crippen LogP contribution in [0.5, 0.6) is 5.75 Å². The van der Waals surface area contributed by atoms with Gasteiger partial charge >= 0.3 is 5.97 Å². The number of aromatic carboxylic acids is 1. The van der Waals surface area contributed by atoms with Crippen molar-refractivity contribution in [3.63, 3.8) is 0 Å². The van der Waals surface area contributed by atoms with Crippen LogP contribution in [0.15, 0.2) is 60.7 Å². The highest BCUT2D eigenvalue weighted by molar-refractivity contribution is 6.35. The zero-order valence-corrected chi connectivity index (χ0v) is 43.4. The first kappa shape index (κ1) is 54.1. The van der Waals surface area contributed by atoms with Crippen molar-refractivity contribution in [1.29, 1.82) is 0 Å². The molecule has 6 aromatic rings. The third-order valence-electron chi connectivity index (χ3n) is 14.7. The molecule has 10 rings (SSSR count). The summed E-state index contributed by atoms with van der Waals surface area (Å²) in [7, 11) is 1.88. The molecular weight excluding hydrogens is 990 g/mol. The molecule has 0 bridgehead atoms. The smallest absolute Gasteiger partial charge is 0.352 e. The number of carbonyl (C=O) groups excluding carboxylic acids is 4. The van der Waals surface area contributed by atoms with Crippen molar-refractivity contribution in [2.75, 3.05) is 57.3 Å². The predicted octanol–water partition coefficient (Wildman–Crippen LogP) is 7.87. The number of carboxylic acids is 1. The second-order valence-electron chi connectivity index (χ2n) is 18.8. The van der Waals surface area contributed by atoms with Gasteiger partial charge in [0, 0.05) is 99.5 Å². The highest BCUT2D eigenvalue weighted by Gasteiger charge is 2.45. The number of hydrogen-bond donors (Lipinski definition) is 3. The van der Waals surface area contributed by atoms with Crippen LogP contribution in [0.2, 0.25) is 5.02 Å². The largest absolute Gasteiger partial charge is 0.493 e. The number of rotatable bonds is 13. The summed E-state index contributed by atoms with van der Waals surface area (Å²) in [6.07, 6.45) is 2.48. The van der Waals surface area contributed by atoms with E-state index in [1.807, 2.05) is 79.2 Å². The van der Waals surface area contributed by atoms with Crippen LogP contribution in [0, 0.1) is 25.5 Å². The normalized spacial score (nSPS) is 17.4. The molecule has 17 nitrogen and oxygen atoms in total. The van der Waals surface area contributed by atoms with Gasteiger partial charge in [0.05, 0.1) is 39.7 Å². The molecular formula is C55H61ClF2N8O9. The summed E-state index contributed by atoms with van der Waals surface area (Å²) in [6, 6.07) is 15.5. The van der Waals surface area contributed by atoms with Crippen molar-refractivity contribution in [2.24, 2.45) is 7.05 Å². The molecule has 0 radical (unpaired) electrons. The molecule has 4 aromatic carbocycles. The molecule has 75 heavy (non-hydrogen) atoms. The predicted molar refractivity (Wildman–Crippen MR) is 280 cm³/mol. The molecule has 0 spiro atoms. The van der Waals surface area contributed by atoms with Gasteiger partial charge in [0.2, 0.25) is 11.8 Å². The molecule has 1 unspecified atom stereocenters. The lowest BCUT2D eigenvalue weighted by molar-refractivity contribution is -0.136. The minimum atomic E-state index is -1.13. The van der Waals surface area contributed by atoms with Crippen LogP contribution in [0.3, 0.4) is 0 Å². The average Bonchev–Trinajstić information content (AvgIpc) is 3.97. The Labute approximate surface area is 437 Å². The Hall–Kier alpha value is -7.22. The maximum Gasteiger partial charge on any atom is 0.352 e. The average molecular weight is 1050 g/mol. The summed E-state index contributed by atoms with van der Waals surface area (Å²) in [5.41, 5.74) is 5.18. The first-order valence-corrected chi connectivity index (χ1v) is 25.7. The first-order chi connectivity index (χ1) is 36.1. The molecule has 3 fully saturated rings. The lowest BCUT2D eigenvalue weighted by Crippen LogP contribution is -2.54. The van der Waals surface area contributed by atoms with Gasteiger partial charge in [-0.2, -0.15) is 5.10 Å². The quantitative estimate of drug-likeness (QED) is 0.0574. The van der Waals surface area contributed by atoms with Crippen molar-refractivity contribution >= 4 is 75.0 Å². The van der Waals surface area contributed by atoms with Gasteiger partial charge in [-0.25, -0.2) is 13.6 Å². The molecule has 3 saturated heterocycles. The zero-order valence-electron chi connectivity index (χ0n) is 42.6. The molecule has 6 heterocycles. The van der Waals surface area contributed by atoms with E-state index < -0.39 is 41.5 Å². The Kier molecular flexibility index (Phi) is 16.7. The monoisotopic (exact) mass is 1050 g/mol. The Bertz CT molecular complexity index is 3200. The molecule has 1 atom stereocenters. The van der Waals surface area contributed by atoms with E-state index in [1.54, 1.807) is 6.07 Å². The topological polar surface area (TPSA) is 200 Å². The van der Waals surface area contributed by atoms with E-state index in [1.165, 1.54) is 18.2 Å². The minimum absolute atomic E-state index is 0.00419. The fraction of sp³-hybridized carbons (Fsp3) is 0.400. The fourth-order valence-corrected chi connectivity index (χ4v) is 11.4. The number of hydrogen-bond acceptors (Lipinski definition) is 11. The number of aryl methyl sites for hydroxylation is 3. The van der Waals surface area contributed by atoms with Crippen LogP contribution >= 0.6 is 11.6 Å². The summed E-state index contributed by atoms with van der Waals surface area (Å²) < 4.78 is 39.6. The van der Waals surface area contributed by atoms with Gasteiger partial charge in [-0.15, -0.1) is 0 Å². The molecule has 396 valence electrons. The number of piperidine rings is 2. The van der Waals surface area contributed by atoms with Gasteiger partial charge in [0.1, 0.15) is 29.1 Å². The number of aromatic nitrogens is 3. The number of fused-ring (bicyclic) bond motifs is 3. The summed E-state index contributed by atoms with van der Waals surface area (Å²) in [6.45, 7) is 13.2. The number of ether oxygens (including phenoxy) is 1. The summed E-state index contributed by atoms with van der Waals surface area (Å²) >= 11 is 7.09. The summed E-state index contributed by atoms with van der Waals surface area (Å²) in [5, 5.41) is 27.6. The SMILES string of the molecule is CC.Cc1nn(C)c(C)c1-c1c(Cl)ccc2c(CCCOc3cccc4cc(F)ccc34)c(C(=O)O)n(CCN3CCN(C4CCN(c5cc6c(cc5F)C(=O)N(C5CCC(=O)NC5=O)C6=O)CC4)CC3)c12.O=CO. The number of carboxylic acid groups (broad SMARTS) is 2. The van der Waals surface area contributed by atoms with Gasteiger partial charge in [-0.05, 0) is 99.4 Å². The van der Waals surface area contributed by atoms with Gasteiger partial charge in [0.15, 0.2) is 0 Å². The summed E-state index contributed by atoms with van der Waals surface area (Å²) in [4.78, 5) is 80.4. The molecule has 2 aromatic heterocycles. The number of piperazine rings is 1. The van der Waals surface area contributed by atoms with E-state index in [-0.39, 0.29) is 53.7 Å². The molecule has 4 aliphatic rings. The molecule has 20 heteroatoms. The second-order valence-corrected chi connectivity index (χ2v) is 19.3. The molecule has 4 aliphatic heterocycles. The lowest BCUT2D eigenvalue weighted by Gasteiger charge is -2.43. The highest BCUT2D eigenvalue weighted by atomic mass is 35.5. The van der Waals surface area contributed by atoms with E-state index in [0.29, 0.717) is 62.0 Å². The number of nitrogens with zero attached hydrogens (tertiary/aromatic N) is 7. The number of benzene rings is 4. The van der Waals surface area contributed by atoms with Crippen molar-refractivity contribution in [3.05, 3.63) is 111 Å². The van der Waals surface area contributed by atoms with Crippen LogP contribution in [0.25, 0.3) is 32.8 Å². The van der Waals surface area contributed by atoms with E-state index in [4.69, 9.17) is 31.3 Å². The van der Waals surface area contributed by atoms with Crippen LogP contribution < -0.4 is 15.0 Å². The summed E-state index contributed by atoms with van der Waals surface area (Å²) in [5.74, 6) is -3.94. The Morgan fingerprint density at radius 1 is 0.880 bits per heavy atom. The van der Waals surface area contributed by atoms with E-state index in [0.717, 1.165) is 94.2 Å². The van der Waals surface area contributed by atoms with Crippen LogP contribution in [-0.2, 0) is 34.4 Å². The number of halogens is 3. The number of amides is 4. The van der Waals surface area contributed by atoms with Crippen molar-refractivity contribution in [2.45, 2.75) is 84.8 Å². The molecule has 3 N–H and O–H groups in total. The molecule has 0 aliphatic carbocycles. The van der Waals surface area contributed by atoms with Gasteiger partial charge in [-0.1, -0.05) is 43.6 Å². The Morgan fingerprint density at radius 2 is 1.56 bits per heavy atom. The second kappa shape index (κ2) is 23.1. The van der Waals surface area contributed by atoms with Crippen LogP contribution in [0.4, 0.5) is 14.5 Å².